The molecule has 7 N–H and O–H groups in total. The Balaban J connectivity index is 0.558. The fraction of sp³-hybridized carbons (Fsp3) is 0.641. The first-order valence-corrected chi connectivity index (χ1v) is 44.3. The number of nitrogens with one attached hydrogen (secondary N) is 1. The molecule has 34 heteroatoms. The van der Waals surface area contributed by atoms with Crippen LogP contribution in [0.5, 0.6) is 0 Å². The Hall–Kier alpha value is -8.85. The summed E-state index contributed by atoms with van der Waals surface area (Å²) in [4.78, 5) is 114. The van der Waals surface area contributed by atoms with E-state index in [4.69, 9.17) is 87.3 Å². The molecule has 5 aliphatic rings. The number of anilines is 2. The van der Waals surface area contributed by atoms with Crippen LogP contribution in [0.4, 0.5) is 16.6 Å². The van der Waals surface area contributed by atoms with Crippen LogP contribution >= 0.6 is 0 Å². The number of amides is 3. The molecule has 126 heavy (non-hydrogen) atoms. The fourth-order valence-corrected chi connectivity index (χ4v) is 17.0. The van der Waals surface area contributed by atoms with E-state index in [1.165, 1.54) is 23.9 Å². The molecule has 4 aliphatic heterocycles. The maximum absolute atomic E-state index is 14.8. The van der Waals surface area contributed by atoms with Gasteiger partial charge in [-0.1, -0.05) is 89.3 Å². The number of cyclic esters (lactones) is 1. The number of oxazole rings is 1. The van der Waals surface area contributed by atoms with E-state index >= 15 is 0 Å². The molecule has 3 aromatic heterocycles. The number of nitrogens with two attached hydrogens (primary N) is 2. The van der Waals surface area contributed by atoms with Gasteiger partial charge in [-0.2, -0.15) is 10.1 Å². The van der Waals surface area contributed by atoms with Crippen LogP contribution in [0.25, 0.3) is 33.4 Å². The number of hydrogen-bond donors (Lipinski definition) is 5. The molecule has 7 heterocycles. The molecule has 1 aliphatic carbocycles. The van der Waals surface area contributed by atoms with Gasteiger partial charge in [0.2, 0.25) is 11.7 Å². The summed E-state index contributed by atoms with van der Waals surface area (Å²) in [7, 11) is 4.49. The van der Waals surface area contributed by atoms with E-state index in [0.29, 0.717) is 209 Å². The van der Waals surface area contributed by atoms with E-state index in [-0.39, 0.29) is 87.5 Å². The van der Waals surface area contributed by atoms with E-state index in [9.17, 15) is 43.8 Å². The summed E-state index contributed by atoms with van der Waals surface area (Å²) in [5.74, 6) is -8.44. The number of piperidine rings is 1. The van der Waals surface area contributed by atoms with Crippen LogP contribution < -0.4 is 16.8 Å². The van der Waals surface area contributed by atoms with Crippen LogP contribution in [-0.2, 0) is 115 Å². The molecule has 694 valence electrons. The molecule has 0 spiro atoms. The van der Waals surface area contributed by atoms with E-state index in [0.717, 1.165) is 22.3 Å². The maximum atomic E-state index is 14.8. The molecule has 2 saturated heterocycles. The summed E-state index contributed by atoms with van der Waals surface area (Å²) in [6.07, 6.45) is 11.4. The van der Waals surface area contributed by atoms with Gasteiger partial charge in [0.15, 0.2) is 17.0 Å². The van der Waals surface area contributed by atoms with E-state index in [2.05, 4.69) is 32.4 Å². The minimum Gasteiger partial charge on any atom is -0.460 e. The highest BCUT2D eigenvalue weighted by atomic mass is 16.6. The van der Waals surface area contributed by atoms with Crippen molar-refractivity contribution < 1.29 is 115 Å². The maximum Gasteiger partial charge on any atom is 0.407 e. The van der Waals surface area contributed by atoms with Crippen LogP contribution in [0.2, 0.25) is 0 Å². The Morgan fingerprint density at radius 2 is 1.40 bits per heavy atom. The molecule has 1 saturated carbocycles. The molecule has 0 radical (unpaired) electrons. The van der Waals surface area contributed by atoms with Crippen LogP contribution in [-0.4, -0.2) is 287 Å². The van der Waals surface area contributed by atoms with Crippen molar-refractivity contribution in [1.82, 2.24) is 39.8 Å². The average molecular weight is 1760 g/mol. The Morgan fingerprint density at radius 3 is 2.07 bits per heavy atom. The number of aliphatic hydroxyl groups is 2. The number of nitrogen functional groups attached to an aromatic ring is 2. The first-order valence-electron chi connectivity index (χ1n) is 44.3. The van der Waals surface area contributed by atoms with Crippen molar-refractivity contribution in [3.63, 3.8) is 0 Å². The standard InChI is InChI=1S/C92H132N10O24/c1-58-16-12-11-13-17-59(2)76(112-8)52-70-24-19-64(7)92(111,126-70)85(107)88(108)101-29-15-14-18-72(101)89(109)123-77(53-73(103)60(3)47-63(6)83(106)84(114-10)82(105)62(5)46-58)61(4)48-65-21-25-75(78(50-65)113-9)125-91(110)95-28-31-115-32-33-116-34-35-117-36-37-118-38-39-119-40-41-120-42-43-121-44-45-122-56-79(104)100-30-27-67-49-66(20-22-69(67)55-100)54-102-87-80(86(93)96-57-97-87)81(99-102)68-23-26-74-71(51-68)98-90(94)124-74/h11-13,16-17,20,22-23,26,47,49,51,57-58,60-62,64-65,70,72,75-78,83-84,106,111H,14-15,18-19,21,24-25,27-46,48,50,52-56H2,1-10H3,(H2,94,98)(H,95,110)(H2,93,96,97)/b13-11+,16-12+,59-17+,63-47+/t58-,60-,61-,62-,64-,65+,70+,72+,75?,76?,77+,78-,83-,84+,92-/m1/s1. The van der Waals surface area contributed by atoms with Crippen molar-refractivity contribution in [3.05, 3.63) is 107 Å². The minimum atomic E-state index is -2.48. The van der Waals surface area contributed by atoms with Crippen LogP contribution in [0, 0.1) is 35.5 Å². The molecule has 2 unspecified atom stereocenters. The highest BCUT2D eigenvalue weighted by Gasteiger charge is 2.53. The second-order valence-electron chi connectivity index (χ2n) is 33.6. The molecule has 10 rings (SSSR count). The third-order valence-electron chi connectivity index (χ3n) is 24.3. The number of Topliss-reactive ketones (excluding diaryl/α,β-unsaturated/α-hetero) is 3. The number of hydrogen-bond acceptors (Lipinski definition) is 30. The Kier molecular flexibility index (Phi) is 39.6. The SMILES string of the molecule is COC1C[C@@H]2CC[C@@H](C)[C@@](O)(O2)C(=O)C(=O)N2CCCC[C@H]2C(=O)O[C@H]([C@H](C)C[C@@H]2CCC(OC(=O)NCCOCCOCCOCCOCCOCCOCCOCCOCC(=O)N3CCc4cc(Cn5nc(-c6ccc7oc(N)nc7c6)c6c(N)ncnc65)ccc4C3)[C@H](OC)C2)CC(=O)[C@H](C)/C=C(\C)[C@@H](O)[C@@H](OC)C(=O)[C@H](C)C[C@H](C)/C=C/C=C/C=C/1C. The minimum absolute atomic E-state index is 0.0195. The van der Waals surface area contributed by atoms with Gasteiger partial charge >= 0.3 is 12.1 Å². The zero-order chi connectivity index (χ0) is 90.2. The summed E-state index contributed by atoms with van der Waals surface area (Å²) in [6, 6.07) is 10.6. The lowest BCUT2D eigenvalue weighted by molar-refractivity contribution is -0.265. The summed E-state index contributed by atoms with van der Waals surface area (Å²) >= 11 is 0. The number of ketones is 3. The number of benzene rings is 2. The number of carbonyl (C=O) groups excluding carboxylic acids is 7. The van der Waals surface area contributed by atoms with E-state index in [1.807, 2.05) is 78.9 Å². The number of aliphatic hydroxyl groups excluding tert-OH is 1. The number of alkyl carbamates (subject to hydrolysis) is 1. The molecule has 3 fully saturated rings. The summed E-state index contributed by atoms with van der Waals surface area (Å²) in [5.41, 5.74) is 19.8. The first kappa shape index (κ1) is 99.3. The van der Waals surface area contributed by atoms with Gasteiger partial charge in [-0.3, -0.25) is 24.0 Å². The lowest BCUT2D eigenvalue weighted by Crippen LogP contribution is -2.61. The van der Waals surface area contributed by atoms with Gasteiger partial charge < -0.3 is 108 Å². The topological polar surface area (TPSA) is 429 Å². The smallest absolute Gasteiger partial charge is 0.407 e. The number of esters is 1. The third kappa shape index (κ3) is 28.6. The van der Waals surface area contributed by atoms with Gasteiger partial charge in [0.1, 0.15) is 66.2 Å². The van der Waals surface area contributed by atoms with Crippen molar-refractivity contribution in [2.45, 2.75) is 200 Å². The highest BCUT2D eigenvalue weighted by Crippen LogP contribution is 2.40. The van der Waals surface area contributed by atoms with E-state index < -0.39 is 102 Å². The molecule has 34 nitrogen and oxygen atoms in total. The fourth-order valence-electron chi connectivity index (χ4n) is 17.0. The second kappa shape index (κ2) is 50.2. The quantitative estimate of drug-likeness (QED) is 0.0108. The lowest BCUT2D eigenvalue weighted by atomic mass is 9.78. The molecular formula is C92H132N10O24. The number of nitrogens with zero attached hydrogens (tertiary/aromatic N) is 7. The predicted molar refractivity (Wildman–Crippen MR) is 466 cm³/mol. The molecule has 2 bridgehead atoms. The largest absolute Gasteiger partial charge is 0.460 e. The number of fused-ring (bicyclic) bond motifs is 6. The van der Waals surface area contributed by atoms with Crippen molar-refractivity contribution in [2.75, 3.05) is 158 Å². The van der Waals surface area contributed by atoms with Crippen molar-refractivity contribution >= 4 is 75.2 Å². The zero-order valence-electron chi connectivity index (χ0n) is 74.8. The number of ether oxygens (including phenoxy) is 14. The normalized spacial score (nSPS) is 27.1. The van der Waals surface area contributed by atoms with Gasteiger partial charge in [-0.15, -0.1) is 0 Å². The Labute approximate surface area is 737 Å². The number of methoxy groups -OCH3 is 3. The average Bonchev–Trinajstić information content (AvgIpc) is 1.59. The molecule has 15 atom stereocenters. The van der Waals surface area contributed by atoms with Gasteiger partial charge in [-0.05, 0) is 148 Å². The zero-order valence-corrected chi connectivity index (χ0v) is 74.8. The monoisotopic (exact) mass is 1760 g/mol. The molecule has 5 aromatic rings. The molecule has 2 aromatic carbocycles. The Morgan fingerprint density at radius 1 is 0.714 bits per heavy atom. The van der Waals surface area contributed by atoms with E-state index in [1.54, 1.807) is 54.1 Å². The van der Waals surface area contributed by atoms with Gasteiger partial charge in [0.05, 0.1) is 129 Å². The second-order valence-corrected chi connectivity index (χ2v) is 33.6. The van der Waals surface area contributed by atoms with Gasteiger partial charge in [0.25, 0.3) is 17.7 Å². The van der Waals surface area contributed by atoms with Crippen LogP contribution in [0.3, 0.4) is 0 Å². The number of carbonyl (C=O) groups is 7. The molecule has 3 amide bonds. The summed E-state index contributed by atoms with van der Waals surface area (Å²) in [5, 5.41) is 32.1. The number of allylic oxidation sites excluding steroid dienone is 6. The van der Waals surface area contributed by atoms with Crippen LogP contribution in [0.15, 0.2) is 94.7 Å². The number of rotatable bonds is 36. The highest BCUT2D eigenvalue weighted by molar-refractivity contribution is 6.39. The first-order chi connectivity index (χ1) is 60.8. The van der Waals surface area contributed by atoms with Crippen LogP contribution in [0.1, 0.15) is 142 Å². The lowest BCUT2D eigenvalue weighted by Gasteiger charge is -2.42. The Bertz CT molecular complexity index is 4490. The third-order valence-corrected chi connectivity index (χ3v) is 24.3. The van der Waals surface area contributed by atoms with Crippen molar-refractivity contribution in [2.24, 2.45) is 35.5 Å². The summed E-state index contributed by atoms with van der Waals surface area (Å²) in [6.45, 7) is 19.5. The van der Waals surface area contributed by atoms with Gasteiger partial charge in [-0.25, -0.2) is 24.2 Å². The predicted octanol–water partition coefficient (Wildman–Crippen LogP) is 8.79. The summed E-state index contributed by atoms with van der Waals surface area (Å²) < 4.78 is 88.2. The number of aromatic nitrogens is 5. The van der Waals surface area contributed by atoms with Gasteiger partial charge in [0, 0.05) is 83.7 Å². The van der Waals surface area contributed by atoms with Crippen molar-refractivity contribution in [1.29, 1.82) is 0 Å². The van der Waals surface area contributed by atoms with Crippen molar-refractivity contribution in [3.8, 4) is 11.3 Å². The molecular weight excluding hydrogens is 1630 g/mol.